The largest absolute Gasteiger partial charge is 0.361 e. The van der Waals surface area contributed by atoms with Crippen LogP contribution in [0.1, 0.15) is 5.56 Å². The molecule has 0 spiro atoms. The van der Waals surface area contributed by atoms with Crippen molar-refractivity contribution in [1.82, 2.24) is 4.98 Å². The number of rotatable bonds is 2. The highest BCUT2D eigenvalue weighted by atomic mass is 19.1. The number of aldehydes is 1. The number of aromatic amines is 1. The maximum atomic E-state index is 12.8. The van der Waals surface area contributed by atoms with Gasteiger partial charge < -0.3 is 9.78 Å². The Labute approximate surface area is 74.4 Å². The first kappa shape index (κ1) is 7.98. The molecule has 0 radical (unpaired) electrons. The van der Waals surface area contributed by atoms with Crippen molar-refractivity contribution in [2.45, 2.75) is 6.42 Å². The van der Waals surface area contributed by atoms with Crippen molar-refractivity contribution in [3.63, 3.8) is 0 Å². The van der Waals surface area contributed by atoms with Gasteiger partial charge in [0.1, 0.15) is 12.1 Å². The highest BCUT2D eigenvalue weighted by Crippen LogP contribution is 2.19. The number of halogens is 1. The second kappa shape index (κ2) is 3.01. The van der Waals surface area contributed by atoms with Crippen LogP contribution in [-0.2, 0) is 11.2 Å². The Bertz CT molecular complexity index is 447. The smallest absolute Gasteiger partial charge is 0.124 e. The first-order valence-corrected chi connectivity index (χ1v) is 4.00. The van der Waals surface area contributed by atoms with Crippen LogP contribution in [0.2, 0.25) is 0 Å². The van der Waals surface area contributed by atoms with Crippen molar-refractivity contribution < 1.29 is 9.18 Å². The summed E-state index contributed by atoms with van der Waals surface area (Å²) < 4.78 is 12.8. The van der Waals surface area contributed by atoms with Crippen molar-refractivity contribution in [2.75, 3.05) is 0 Å². The lowest BCUT2D eigenvalue weighted by atomic mass is 10.1. The van der Waals surface area contributed by atoms with Gasteiger partial charge in [-0.2, -0.15) is 0 Å². The van der Waals surface area contributed by atoms with E-state index < -0.39 is 0 Å². The van der Waals surface area contributed by atoms with Gasteiger partial charge in [0.15, 0.2) is 0 Å². The molecule has 0 atom stereocenters. The summed E-state index contributed by atoms with van der Waals surface area (Å²) >= 11 is 0. The highest BCUT2D eigenvalue weighted by Gasteiger charge is 2.03. The minimum Gasteiger partial charge on any atom is -0.361 e. The third-order valence-electron chi connectivity index (χ3n) is 2.03. The average molecular weight is 177 g/mol. The van der Waals surface area contributed by atoms with Crippen LogP contribution in [0.15, 0.2) is 24.4 Å². The maximum absolute atomic E-state index is 12.8. The van der Waals surface area contributed by atoms with Gasteiger partial charge in [0.05, 0.1) is 0 Å². The Morgan fingerprint density at radius 3 is 3.08 bits per heavy atom. The third kappa shape index (κ3) is 1.33. The van der Waals surface area contributed by atoms with E-state index >= 15 is 0 Å². The summed E-state index contributed by atoms with van der Waals surface area (Å²) in [5, 5.41) is 0.784. The Balaban J connectivity index is 2.64. The van der Waals surface area contributed by atoms with E-state index in [4.69, 9.17) is 0 Å². The van der Waals surface area contributed by atoms with E-state index in [0.717, 1.165) is 22.8 Å². The molecule has 0 fully saturated rings. The Morgan fingerprint density at radius 1 is 1.46 bits per heavy atom. The van der Waals surface area contributed by atoms with Gasteiger partial charge in [-0.3, -0.25) is 0 Å². The highest BCUT2D eigenvalue weighted by molar-refractivity contribution is 5.85. The van der Waals surface area contributed by atoms with Crippen LogP contribution in [0.4, 0.5) is 4.39 Å². The number of carbonyl (C=O) groups excluding carboxylic acids is 1. The fraction of sp³-hybridized carbons (Fsp3) is 0.100. The number of hydrogen-bond donors (Lipinski definition) is 1. The van der Waals surface area contributed by atoms with Gasteiger partial charge in [-0.05, 0) is 23.8 Å². The van der Waals surface area contributed by atoms with Crippen LogP contribution in [0, 0.1) is 5.82 Å². The monoisotopic (exact) mass is 177 g/mol. The molecular formula is C10H8FNO. The number of H-pyrrole nitrogens is 1. The predicted octanol–water partition coefficient (Wildman–Crippen LogP) is 2.05. The predicted molar refractivity (Wildman–Crippen MR) is 48.0 cm³/mol. The minimum atomic E-state index is -0.278. The topological polar surface area (TPSA) is 32.9 Å². The van der Waals surface area contributed by atoms with Crippen LogP contribution in [0.25, 0.3) is 10.9 Å². The van der Waals surface area contributed by atoms with Crippen LogP contribution < -0.4 is 0 Å². The molecule has 2 aromatic rings. The van der Waals surface area contributed by atoms with E-state index in [0.29, 0.717) is 6.42 Å². The molecule has 1 heterocycles. The molecule has 0 aliphatic heterocycles. The standard InChI is InChI=1S/C10H8FNO/c11-8-1-2-10-9(5-8)7(3-4-13)6-12-10/h1-2,4-6,12H,3H2. The third-order valence-corrected chi connectivity index (χ3v) is 2.03. The first-order valence-electron chi connectivity index (χ1n) is 4.00. The molecule has 0 amide bonds. The lowest BCUT2D eigenvalue weighted by Crippen LogP contribution is -1.82. The van der Waals surface area contributed by atoms with Gasteiger partial charge in [0, 0.05) is 23.5 Å². The maximum Gasteiger partial charge on any atom is 0.124 e. The molecular weight excluding hydrogens is 169 g/mol. The summed E-state index contributed by atoms with van der Waals surface area (Å²) in [6, 6.07) is 4.49. The molecule has 0 saturated carbocycles. The molecule has 66 valence electrons. The summed E-state index contributed by atoms with van der Waals surface area (Å²) in [4.78, 5) is 13.3. The molecule has 13 heavy (non-hydrogen) atoms. The number of aromatic nitrogens is 1. The van der Waals surface area contributed by atoms with Crippen molar-refractivity contribution >= 4 is 17.2 Å². The molecule has 1 aromatic carbocycles. The van der Waals surface area contributed by atoms with Crippen LogP contribution in [0.5, 0.6) is 0 Å². The van der Waals surface area contributed by atoms with Gasteiger partial charge in [-0.1, -0.05) is 0 Å². The van der Waals surface area contributed by atoms with Gasteiger partial charge in [-0.15, -0.1) is 0 Å². The lowest BCUT2D eigenvalue weighted by molar-refractivity contribution is -0.107. The van der Waals surface area contributed by atoms with Crippen molar-refractivity contribution in [1.29, 1.82) is 0 Å². The van der Waals surface area contributed by atoms with Gasteiger partial charge in [0.2, 0.25) is 0 Å². The molecule has 0 bridgehead atoms. The average Bonchev–Trinajstić information content (AvgIpc) is 2.49. The SMILES string of the molecule is O=CCc1c[nH]c2ccc(F)cc12. The van der Waals surface area contributed by atoms with E-state index in [1.807, 2.05) is 0 Å². The summed E-state index contributed by atoms with van der Waals surface area (Å²) in [6.07, 6.45) is 2.87. The molecule has 1 N–H and O–H groups in total. The number of nitrogens with one attached hydrogen (secondary N) is 1. The first-order chi connectivity index (χ1) is 6.31. The Morgan fingerprint density at radius 2 is 2.31 bits per heavy atom. The summed E-state index contributed by atoms with van der Waals surface area (Å²) in [5.74, 6) is -0.278. The number of benzene rings is 1. The molecule has 2 nitrogen and oxygen atoms in total. The molecule has 1 aromatic heterocycles. The second-order valence-corrected chi connectivity index (χ2v) is 2.87. The van der Waals surface area contributed by atoms with Crippen molar-refractivity contribution in [3.8, 4) is 0 Å². The fourth-order valence-electron chi connectivity index (χ4n) is 1.41. The molecule has 3 heteroatoms. The zero-order valence-electron chi connectivity index (χ0n) is 6.88. The van der Waals surface area contributed by atoms with Crippen LogP contribution in [0.3, 0.4) is 0 Å². The van der Waals surface area contributed by atoms with E-state index in [2.05, 4.69) is 4.98 Å². The van der Waals surface area contributed by atoms with Crippen molar-refractivity contribution in [2.24, 2.45) is 0 Å². The van der Waals surface area contributed by atoms with E-state index in [1.54, 1.807) is 12.3 Å². The molecule has 0 aliphatic rings. The minimum absolute atomic E-state index is 0.278. The summed E-state index contributed by atoms with van der Waals surface area (Å²) in [5.41, 5.74) is 1.70. The Kier molecular flexibility index (Phi) is 1.85. The zero-order chi connectivity index (χ0) is 9.26. The summed E-state index contributed by atoms with van der Waals surface area (Å²) in [6.45, 7) is 0. The van der Waals surface area contributed by atoms with E-state index in [9.17, 15) is 9.18 Å². The van der Waals surface area contributed by atoms with Crippen molar-refractivity contribution in [3.05, 3.63) is 35.8 Å². The number of fused-ring (bicyclic) bond motifs is 1. The van der Waals surface area contributed by atoms with E-state index in [-0.39, 0.29) is 5.82 Å². The molecule has 2 rings (SSSR count). The normalized spacial score (nSPS) is 10.5. The number of carbonyl (C=O) groups is 1. The van der Waals surface area contributed by atoms with Gasteiger partial charge in [-0.25, -0.2) is 4.39 Å². The Hall–Kier alpha value is -1.64. The summed E-state index contributed by atoms with van der Waals surface area (Å²) in [7, 11) is 0. The van der Waals surface area contributed by atoms with Crippen LogP contribution >= 0.6 is 0 Å². The van der Waals surface area contributed by atoms with Crippen LogP contribution in [-0.4, -0.2) is 11.3 Å². The zero-order valence-corrected chi connectivity index (χ0v) is 6.88. The quantitative estimate of drug-likeness (QED) is 0.699. The lowest BCUT2D eigenvalue weighted by Gasteiger charge is -1.92. The molecule has 0 unspecified atom stereocenters. The molecule has 0 saturated heterocycles. The molecule has 0 aliphatic carbocycles. The van der Waals surface area contributed by atoms with Gasteiger partial charge in [0.25, 0.3) is 0 Å². The number of hydrogen-bond acceptors (Lipinski definition) is 1. The second-order valence-electron chi connectivity index (χ2n) is 2.87. The van der Waals surface area contributed by atoms with Gasteiger partial charge >= 0.3 is 0 Å². The fourth-order valence-corrected chi connectivity index (χ4v) is 1.41. The van der Waals surface area contributed by atoms with E-state index in [1.165, 1.54) is 12.1 Å².